The standard InChI is InChI=1S/C29H27N5O4S2/c1-18-4-8-21(9-5-18)27-28(22-10-6-19(2)7-11-22)32-29(31-27)39-17-26(35)30-23-12-14-24(15-13-23)40(36,37)34-25-16-20(3)38-33-25/h4-16H,17H2,1-3H3,(H,30,35)(H,31,32)(H,33,34). The topological polar surface area (TPSA) is 130 Å². The van der Waals surface area contributed by atoms with Crippen molar-refractivity contribution in [2.45, 2.75) is 30.8 Å². The van der Waals surface area contributed by atoms with E-state index in [-0.39, 0.29) is 22.4 Å². The van der Waals surface area contributed by atoms with Crippen LogP contribution in [0.2, 0.25) is 0 Å². The van der Waals surface area contributed by atoms with Crippen LogP contribution in [-0.2, 0) is 14.8 Å². The van der Waals surface area contributed by atoms with Crippen LogP contribution >= 0.6 is 11.8 Å². The fraction of sp³-hybridized carbons (Fsp3) is 0.138. The van der Waals surface area contributed by atoms with Gasteiger partial charge < -0.3 is 14.8 Å². The van der Waals surface area contributed by atoms with Gasteiger partial charge in [0.15, 0.2) is 11.0 Å². The van der Waals surface area contributed by atoms with E-state index in [1.807, 2.05) is 50.2 Å². The molecule has 5 rings (SSSR count). The predicted molar refractivity (Wildman–Crippen MR) is 157 cm³/mol. The maximum absolute atomic E-state index is 12.7. The summed E-state index contributed by atoms with van der Waals surface area (Å²) in [6.07, 6.45) is 0. The number of thioether (sulfide) groups is 1. The van der Waals surface area contributed by atoms with E-state index in [2.05, 4.69) is 32.3 Å². The first kappa shape index (κ1) is 27.2. The third-order valence-electron chi connectivity index (χ3n) is 6.00. The van der Waals surface area contributed by atoms with Gasteiger partial charge in [0.05, 0.1) is 22.0 Å². The van der Waals surface area contributed by atoms with E-state index in [0.29, 0.717) is 16.6 Å². The first-order valence-electron chi connectivity index (χ1n) is 12.4. The van der Waals surface area contributed by atoms with Crippen LogP contribution in [0.5, 0.6) is 0 Å². The lowest BCUT2D eigenvalue weighted by atomic mass is 10.0. The molecule has 0 saturated carbocycles. The minimum Gasteiger partial charge on any atom is -0.360 e. The van der Waals surface area contributed by atoms with E-state index in [9.17, 15) is 13.2 Å². The third-order valence-corrected chi connectivity index (χ3v) is 8.25. The number of aromatic nitrogens is 3. The molecule has 0 aliphatic carbocycles. The van der Waals surface area contributed by atoms with Gasteiger partial charge in [-0.25, -0.2) is 13.4 Å². The summed E-state index contributed by atoms with van der Waals surface area (Å²) in [6, 6.07) is 23.7. The fourth-order valence-corrected chi connectivity index (χ4v) is 5.58. The number of nitrogens with one attached hydrogen (secondary N) is 3. The number of benzene rings is 3. The van der Waals surface area contributed by atoms with Crippen molar-refractivity contribution in [2.24, 2.45) is 0 Å². The average Bonchev–Trinajstić information content (AvgIpc) is 3.54. The Morgan fingerprint density at radius 1 is 0.900 bits per heavy atom. The number of rotatable bonds is 9. The van der Waals surface area contributed by atoms with Crippen LogP contribution in [0, 0.1) is 20.8 Å². The second-order valence-corrected chi connectivity index (χ2v) is 11.9. The van der Waals surface area contributed by atoms with Crippen LogP contribution in [-0.4, -0.2) is 35.2 Å². The van der Waals surface area contributed by atoms with Gasteiger partial charge in [0.25, 0.3) is 10.0 Å². The van der Waals surface area contributed by atoms with Gasteiger partial charge in [-0.3, -0.25) is 9.52 Å². The van der Waals surface area contributed by atoms with Gasteiger partial charge in [-0.2, -0.15) is 0 Å². The van der Waals surface area contributed by atoms with E-state index >= 15 is 0 Å². The zero-order valence-corrected chi connectivity index (χ0v) is 23.7. The van der Waals surface area contributed by atoms with Gasteiger partial charge in [-0.1, -0.05) is 76.6 Å². The summed E-state index contributed by atoms with van der Waals surface area (Å²) in [5.74, 6) is 0.449. The first-order valence-corrected chi connectivity index (χ1v) is 14.9. The molecule has 2 heterocycles. The van der Waals surface area contributed by atoms with E-state index in [1.165, 1.54) is 47.7 Å². The lowest BCUT2D eigenvalue weighted by Crippen LogP contribution is -2.15. The maximum Gasteiger partial charge on any atom is 0.263 e. The highest BCUT2D eigenvalue weighted by Crippen LogP contribution is 2.33. The number of anilines is 2. The van der Waals surface area contributed by atoms with Crippen molar-refractivity contribution in [3.05, 3.63) is 95.7 Å². The van der Waals surface area contributed by atoms with E-state index < -0.39 is 10.0 Å². The van der Waals surface area contributed by atoms with Crippen molar-refractivity contribution in [1.82, 2.24) is 15.1 Å². The number of hydrogen-bond acceptors (Lipinski definition) is 7. The lowest BCUT2D eigenvalue weighted by molar-refractivity contribution is -0.113. The summed E-state index contributed by atoms with van der Waals surface area (Å²) >= 11 is 1.29. The SMILES string of the molecule is Cc1ccc(-c2nc(SCC(=O)Nc3ccc(S(=O)(=O)Nc4cc(C)on4)cc3)[nH]c2-c2ccc(C)cc2)cc1. The predicted octanol–water partition coefficient (Wildman–Crippen LogP) is 6.19. The smallest absolute Gasteiger partial charge is 0.263 e. The zero-order valence-electron chi connectivity index (χ0n) is 22.1. The van der Waals surface area contributed by atoms with Gasteiger partial charge in [0.1, 0.15) is 5.76 Å². The molecule has 0 atom stereocenters. The highest BCUT2D eigenvalue weighted by molar-refractivity contribution is 7.99. The van der Waals surface area contributed by atoms with Crippen LogP contribution in [0.4, 0.5) is 11.5 Å². The van der Waals surface area contributed by atoms with Gasteiger partial charge >= 0.3 is 0 Å². The molecule has 0 aliphatic heterocycles. The highest BCUT2D eigenvalue weighted by atomic mass is 32.2. The van der Waals surface area contributed by atoms with Crippen molar-refractivity contribution < 1.29 is 17.7 Å². The van der Waals surface area contributed by atoms with Crippen molar-refractivity contribution in [3.8, 4) is 22.5 Å². The number of aryl methyl sites for hydroxylation is 3. The number of nitrogens with zero attached hydrogens (tertiary/aromatic N) is 2. The molecule has 2 aromatic heterocycles. The monoisotopic (exact) mass is 573 g/mol. The third kappa shape index (κ3) is 6.44. The van der Waals surface area contributed by atoms with Crippen LogP contribution < -0.4 is 10.0 Å². The van der Waals surface area contributed by atoms with Crippen LogP contribution in [0.1, 0.15) is 16.9 Å². The van der Waals surface area contributed by atoms with Crippen LogP contribution in [0.15, 0.2) is 93.4 Å². The molecule has 0 bridgehead atoms. The summed E-state index contributed by atoms with van der Waals surface area (Å²) in [6.45, 7) is 5.75. The molecule has 204 valence electrons. The molecule has 0 fully saturated rings. The molecule has 40 heavy (non-hydrogen) atoms. The van der Waals surface area contributed by atoms with Gasteiger partial charge in [-0.15, -0.1) is 0 Å². The average molecular weight is 574 g/mol. The van der Waals surface area contributed by atoms with Crippen molar-refractivity contribution >= 4 is 39.2 Å². The van der Waals surface area contributed by atoms with Crippen molar-refractivity contribution in [3.63, 3.8) is 0 Å². The molecule has 3 N–H and O–H groups in total. The number of amides is 1. The zero-order chi connectivity index (χ0) is 28.3. The number of carbonyl (C=O) groups excluding carboxylic acids is 1. The van der Waals surface area contributed by atoms with Crippen LogP contribution in [0.25, 0.3) is 22.5 Å². The molecule has 5 aromatic rings. The molecular weight excluding hydrogens is 546 g/mol. The second-order valence-electron chi connectivity index (χ2n) is 9.29. The maximum atomic E-state index is 12.7. The summed E-state index contributed by atoms with van der Waals surface area (Å²) in [5.41, 5.74) is 6.50. The largest absolute Gasteiger partial charge is 0.360 e. The Labute approximate surface area is 236 Å². The lowest BCUT2D eigenvalue weighted by Gasteiger charge is -2.07. The number of carbonyl (C=O) groups is 1. The molecule has 9 nitrogen and oxygen atoms in total. The number of imidazole rings is 1. The van der Waals surface area contributed by atoms with Crippen molar-refractivity contribution in [2.75, 3.05) is 15.8 Å². The molecule has 0 radical (unpaired) electrons. The molecule has 3 aromatic carbocycles. The minimum absolute atomic E-state index is 0.0309. The molecule has 0 saturated heterocycles. The van der Waals surface area contributed by atoms with Gasteiger partial charge in [-0.05, 0) is 45.0 Å². The first-order chi connectivity index (χ1) is 19.2. The summed E-state index contributed by atoms with van der Waals surface area (Å²) in [7, 11) is -3.85. The number of hydrogen-bond donors (Lipinski definition) is 3. The highest BCUT2D eigenvalue weighted by Gasteiger charge is 2.18. The Hall–Kier alpha value is -4.35. The van der Waals surface area contributed by atoms with Gasteiger partial charge in [0.2, 0.25) is 5.91 Å². The quantitative estimate of drug-likeness (QED) is 0.179. The molecule has 1 amide bonds. The van der Waals surface area contributed by atoms with E-state index in [1.54, 1.807) is 6.92 Å². The summed E-state index contributed by atoms with van der Waals surface area (Å²) < 4.78 is 32.4. The minimum atomic E-state index is -3.85. The van der Waals surface area contributed by atoms with E-state index in [4.69, 9.17) is 9.51 Å². The Bertz CT molecular complexity index is 1680. The summed E-state index contributed by atoms with van der Waals surface area (Å²) in [4.78, 5) is 20.9. The van der Waals surface area contributed by atoms with Gasteiger partial charge in [0, 0.05) is 22.9 Å². The molecule has 0 unspecified atom stereocenters. The van der Waals surface area contributed by atoms with Crippen LogP contribution in [0.3, 0.4) is 0 Å². The van der Waals surface area contributed by atoms with E-state index in [0.717, 1.165) is 28.1 Å². The second kappa shape index (κ2) is 11.4. The Morgan fingerprint density at radius 2 is 1.52 bits per heavy atom. The molecule has 11 heteroatoms. The molecular formula is C29H27N5O4S2. The Morgan fingerprint density at radius 3 is 2.12 bits per heavy atom. The Balaban J connectivity index is 1.26. The molecule has 0 aliphatic rings. The number of H-pyrrole nitrogens is 1. The number of aromatic amines is 1. The summed E-state index contributed by atoms with van der Waals surface area (Å²) in [5, 5.41) is 7.06. The Kier molecular flexibility index (Phi) is 7.76. The number of sulfonamides is 1. The fourth-order valence-electron chi connectivity index (χ4n) is 3.93. The van der Waals surface area contributed by atoms with Crippen molar-refractivity contribution in [1.29, 1.82) is 0 Å². The normalized spacial score (nSPS) is 11.4. The molecule has 0 spiro atoms.